The van der Waals surface area contributed by atoms with Crippen LogP contribution in [0.1, 0.15) is 37.5 Å². The van der Waals surface area contributed by atoms with Crippen LogP contribution in [-0.2, 0) is 16.3 Å². The first-order chi connectivity index (χ1) is 9.58. The van der Waals surface area contributed by atoms with E-state index in [9.17, 15) is 22.3 Å². The molecule has 2 rings (SSSR count). The van der Waals surface area contributed by atoms with E-state index < -0.39 is 28.3 Å². The highest BCUT2D eigenvalue weighted by Gasteiger charge is 2.51. The molecule has 1 aliphatic carbocycles. The summed E-state index contributed by atoms with van der Waals surface area (Å²) in [5.41, 5.74) is -0.0621. The SMILES string of the molecule is CCC(C)COc1sc(S(C)(=O)=O)c2c1CC(F)(F)[C@H]2O. The lowest BCUT2D eigenvalue weighted by atomic mass is 10.1. The molecule has 1 aliphatic rings. The molecule has 1 N–H and O–H groups in total. The second-order valence-electron chi connectivity index (χ2n) is 5.51. The third-order valence-electron chi connectivity index (χ3n) is 3.60. The molecular formula is C13H18F2O4S2. The van der Waals surface area contributed by atoms with Gasteiger partial charge in [0.1, 0.15) is 10.3 Å². The topological polar surface area (TPSA) is 63.6 Å². The Bertz CT molecular complexity index is 637. The molecule has 1 unspecified atom stereocenters. The molecule has 0 fully saturated rings. The van der Waals surface area contributed by atoms with Gasteiger partial charge < -0.3 is 9.84 Å². The summed E-state index contributed by atoms with van der Waals surface area (Å²) in [5.74, 6) is -3.12. The first kappa shape index (κ1) is 16.6. The third-order valence-corrected chi connectivity index (χ3v) is 6.60. The Morgan fingerprint density at radius 2 is 2.14 bits per heavy atom. The summed E-state index contributed by atoms with van der Waals surface area (Å²) in [6.45, 7) is 4.26. The second kappa shape index (κ2) is 5.48. The van der Waals surface area contributed by atoms with Crippen molar-refractivity contribution in [2.24, 2.45) is 5.92 Å². The van der Waals surface area contributed by atoms with E-state index in [-0.39, 0.29) is 26.3 Å². The molecule has 2 atom stereocenters. The maximum absolute atomic E-state index is 13.7. The predicted molar refractivity (Wildman–Crippen MR) is 76.0 cm³/mol. The van der Waals surface area contributed by atoms with Gasteiger partial charge in [-0.25, -0.2) is 17.2 Å². The first-order valence-electron chi connectivity index (χ1n) is 6.62. The Labute approximate surface area is 126 Å². The van der Waals surface area contributed by atoms with Crippen LogP contribution < -0.4 is 4.74 Å². The van der Waals surface area contributed by atoms with Gasteiger partial charge in [0.25, 0.3) is 5.92 Å². The Balaban J connectivity index is 2.44. The largest absolute Gasteiger partial charge is 0.483 e. The molecule has 21 heavy (non-hydrogen) atoms. The van der Waals surface area contributed by atoms with Crippen LogP contribution in [0.2, 0.25) is 0 Å². The summed E-state index contributed by atoms with van der Waals surface area (Å²) >= 11 is 0.822. The molecule has 0 radical (unpaired) electrons. The lowest BCUT2D eigenvalue weighted by Crippen LogP contribution is -2.22. The van der Waals surface area contributed by atoms with Gasteiger partial charge in [0.05, 0.1) is 6.61 Å². The Morgan fingerprint density at radius 1 is 1.52 bits per heavy atom. The van der Waals surface area contributed by atoms with Crippen LogP contribution in [0.15, 0.2) is 4.21 Å². The molecule has 0 amide bonds. The normalized spacial score (nSPS) is 22.1. The number of hydrogen-bond donors (Lipinski definition) is 1. The molecule has 0 saturated heterocycles. The van der Waals surface area contributed by atoms with Crippen LogP contribution in [0.4, 0.5) is 8.78 Å². The molecule has 0 saturated carbocycles. The summed E-state index contributed by atoms with van der Waals surface area (Å²) in [7, 11) is -3.69. The maximum Gasteiger partial charge on any atom is 0.281 e. The monoisotopic (exact) mass is 340 g/mol. The van der Waals surface area contributed by atoms with Crippen LogP contribution >= 0.6 is 11.3 Å². The summed E-state index contributed by atoms with van der Waals surface area (Å²) in [6, 6.07) is 0. The fourth-order valence-corrected chi connectivity index (χ4v) is 4.56. The molecule has 1 aromatic rings. The highest BCUT2D eigenvalue weighted by Crippen LogP contribution is 2.53. The fourth-order valence-electron chi connectivity index (χ4n) is 2.15. The summed E-state index contributed by atoms with van der Waals surface area (Å²) in [6.07, 6.45) is -0.966. The van der Waals surface area contributed by atoms with Crippen LogP contribution in [0.25, 0.3) is 0 Å². The molecule has 1 heterocycles. The van der Waals surface area contributed by atoms with Crippen molar-refractivity contribution in [3.63, 3.8) is 0 Å². The molecule has 4 nitrogen and oxygen atoms in total. The highest BCUT2D eigenvalue weighted by atomic mass is 32.2. The minimum absolute atomic E-state index is 0.126. The number of fused-ring (bicyclic) bond motifs is 1. The van der Waals surface area contributed by atoms with E-state index in [4.69, 9.17) is 4.74 Å². The van der Waals surface area contributed by atoms with Gasteiger partial charge in [0, 0.05) is 23.8 Å². The van der Waals surface area contributed by atoms with Crippen LogP contribution in [0, 0.1) is 5.92 Å². The number of alkyl halides is 2. The van der Waals surface area contributed by atoms with Crippen molar-refractivity contribution in [1.82, 2.24) is 0 Å². The van der Waals surface area contributed by atoms with Crippen LogP contribution in [-0.4, -0.2) is 32.3 Å². The van der Waals surface area contributed by atoms with E-state index in [1.807, 2.05) is 13.8 Å². The predicted octanol–water partition coefficient (Wildman–Crippen LogP) is 2.80. The molecule has 0 aliphatic heterocycles. The van der Waals surface area contributed by atoms with Crippen molar-refractivity contribution in [3.05, 3.63) is 11.1 Å². The smallest absolute Gasteiger partial charge is 0.281 e. The average molecular weight is 340 g/mol. The maximum atomic E-state index is 13.7. The fraction of sp³-hybridized carbons (Fsp3) is 0.692. The first-order valence-corrected chi connectivity index (χ1v) is 9.33. The summed E-state index contributed by atoms with van der Waals surface area (Å²) in [5, 5.41) is 9.91. The quantitative estimate of drug-likeness (QED) is 0.895. The van der Waals surface area contributed by atoms with Crippen molar-refractivity contribution in [2.45, 2.75) is 42.9 Å². The van der Waals surface area contributed by atoms with Crippen LogP contribution in [0.3, 0.4) is 0 Å². The minimum Gasteiger partial charge on any atom is -0.483 e. The van der Waals surface area contributed by atoms with Crippen molar-refractivity contribution in [1.29, 1.82) is 0 Å². The van der Waals surface area contributed by atoms with Crippen LogP contribution in [0.5, 0.6) is 5.06 Å². The lowest BCUT2D eigenvalue weighted by molar-refractivity contribution is -0.0976. The van der Waals surface area contributed by atoms with Gasteiger partial charge in [-0.15, -0.1) is 0 Å². The Kier molecular flexibility index (Phi) is 4.34. The number of thiophene rings is 1. The minimum atomic E-state index is -3.69. The number of sulfone groups is 1. The number of rotatable bonds is 5. The molecule has 8 heteroatoms. The van der Waals surface area contributed by atoms with Gasteiger partial charge in [-0.3, -0.25) is 0 Å². The van der Waals surface area contributed by atoms with Gasteiger partial charge in [-0.05, 0) is 5.92 Å². The van der Waals surface area contributed by atoms with Gasteiger partial charge in [0.15, 0.2) is 14.9 Å². The number of ether oxygens (including phenoxy) is 1. The second-order valence-corrected chi connectivity index (χ2v) is 8.70. The van der Waals surface area contributed by atoms with E-state index in [0.717, 1.165) is 24.0 Å². The van der Waals surface area contributed by atoms with Crippen molar-refractivity contribution < 1.29 is 27.0 Å². The van der Waals surface area contributed by atoms with E-state index in [1.54, 1.807) is 0 Å². The average Bonchev–Trinajstić information content (AvgIpc) is 2.82. The number of halogens is 2. The summed E-state index contributed by atoms with van der Waals surface area (Å²) in [4.78, 5) is 0. The van der Waals surface area contributed by atoms with E-state index >= 15 is 0 Å². The molecule has 0 bridgehead atoms. The molecular weight excluding hydrogens is 322 g/mol. The molecule has 0 aromatic carbocycles. The zero-order valence-electron chi connectivity index (χ0n) is 12.0. The van der Waals surface area contributed by atoms with Gasteiger partial charge >= 0.3 is 0 Å². The van der Waals surface area contributed by atoms with Crippen molar-refractivity contribution >= 4 is 21.2 Å². The Morgan fingerprint density at radius 3 is 2.67 bits per heavy atom. The zero-order chi connectivity index (χ0) is 16.0. The van der Waals surface area contributed by atoms with E-state index in [2.05, 4.69) is 0 Å². The molecule has 120 valence electrons. The Hall–Kier alpha value is -0.730. The number of aliphatic hydroxyl groups excluding tert-OH is 1. The molecule has 1 aromatic heterocycles. The number of hydrogen-bond acceptors (Lipinski definition) is 5. The lowest BCUT2D eigenvalue weighted by Gasteiger charge is -2.15. The standard InChI is InChI=1S/C13H18F2O4S2/c1-4-7(2)6-19-11-8-5-13(14,15)10(16)9(8)12(20-11)21(3,17)18/h7,10,16H,4-6H2,1-3H3/t7?,10-/m0/s1. The van der Waals surface area contributed by atoms with E-state index in [0.29, 0.717) is 6.61 Å². The molecule has 0 spiro atoms. The van der Waals surface area contributed by atoms with Crippen molar-refractivity contribution in [3.8, 4) is 5.06 Å². The van der Waals surface area contributed by atoms with Gasteiger partial charge in [0.2, 0.25) is 0 Å². The van der Waals surface area contributed by atoms with Gasteiger partial charge in [-0.2, -0.15) is 0 Å². The zero-order valence-corrected chi connectivity index (χ0v) is 13.7. The third kappa shape index (κ3) is 3.07. The highest BCUT2D eigenvalue weighted by molar-refractivity contribution is 7.92. The van der Waals surface area contributed by atoms with Gasteiger partial charge in [-0.1, -0.05) is 31.6 Å². The van der Waals surface area contributed by atoms with Crippen molar-refractivity contribution in [2.75, 3.05) is 12.9 Å². The van der Waals surface area contributed by atoms with E-state index in [1.165, 1.54) is 0 Å². The number of aliphatic hydroxyl groups is 1. The summed E-state index contributed by atoms with van der Waals surface area (Å²) < 4.78 is 56.2.